The molecule has 4 heteroatoms. The molecule has 0 fully saturated rings. The van der Waals surface area contributed by atoms with Crippen molar-refractivity contribution >= 4 is 116 Å². The van der Waals surface area contributed by atoms with Gasteiger partial charge in [0.25, 0.3) is 0 Å². The van der Waals surface area contributed by atoms with Gasteiger partial charge in [0.15, 0.2) is 5.58 Å². The predicted octanol–water partition coefficient (Wildman–Crippen LogP) is 15.7. The zero-order chi connectivity index (χ0) is 44.7. The number of fused-ring (bicyclic) bond motifs is 6. The van der Waals surface area contributed by atoms with E-state index in [0.29, 0.717) is 0 Å². The van der Waals surface area contributed by atoms with Crippen LogP contribution in [0.2, 0.25) is 0 Å². The average molecular weight is 866 g/mol. The molecule has 0 radical (unpaired) electrons. The van der Waals surface area contributed by atoms with Gasteiger partial charge in [0.2, 0.25) is 6.71 Å². The van der Waals surface area contributed by atoms with Gasteiger partial charge in [0.1, 0.15) is 16.7 Å². The fourth-order valence-corrected chi connectivity index (χ4v) is 11.2. The molecule has 316 valence electrons. The summed E-state index contributed by atoms with van der Waals surface area (Å²) in [4.78, 5) is 2.43. The highest BCUT2D eigenvalue weighted by atomic mass is 16.3. The van der Waals surface area contributed by atoms with E-state index < -0.39 is 0 Å². The van der Waals surface area contributed by atoms with Gasteiger partial charge in [0.05, 0.1) is 17.1 Å². The summed E-state index contributed by atoms with van der Waals surface area (Å²) in [6.07, 6.45) is 0. The Bertz CT molecular complexity index is 3950. The zero-order valence-corrected chi connectivity index (χ0v) is 36.9. The Morgan fingerprint density at radius 1 is 0.279 bits per heavy atom. The van der Waals surface area contributed by atoms with Crippen LogP contribution in [0, 0.1) is 0 Å². The molecule has 14 rings (SSSR count). The van der Waals surface area contributed by atoms with Crippen LogP contribution in [-0.4, -0.2) is 6.71 Å². The van der Waals surface area contributed by atoms with Crippen molar-refractivity contribution in [2.45, 2.75) is 0 Å². The van der Waals surface area contributed by atoms with E-state index in [0.717, 1.165) is 82.9 Å². The molecule has 0 amide bonds. The van der Waals surface area contributed by atoms with Crippen LogP contribution in [0.4, 0.5) is 17.1 Å². The van der Waals surface area contributed by atoms with Gasteiger partial charge >= 0.3 is 0 Å². The summed E-state index contributed by atoms with van der Waals surface area (Å²) in [7, 11) is 0. The predicted molar refractivity (Wildman–Crippen MR) is 288 cm³/mol. The molecular formula is C64H40BNO2. The Morgan fingerprint density at radius 2 is 0.779 bits per heavy atom. The third-order valence-electron chi connectivity index (χ3n) is 14.2. The van der Waals surface area contributed by atoms with E-state index in [1.165, 1.54) is 49.0 Å². The van der Waals surface area contributed by atoms with E-state index in [4.69, 9.17) is 8.83 Å². The van der Waals surface area contributed by atoms with Gasteiger partial charge in [0, 0.05) is 32.5 Å². The first-order chi connectivity index (χ1) is 33.8. The lowest BCUT2D eigenvalue weighted by Gasteiger charge is -2.30. The molecule has 3 nitrogen and oxygen atoms in total. The minimum atomic E-state index is -0.167. The van der Waals surface area contributed by atoms with Gasteiger partial charge in [-0.2, -0.15) is 0 Å². The van der Waals surface area contributed by atoms with Gasteiger partial charge in [-0.05, 0) is 79.4 Å². The Kier molecular flexibility index (Phi) is 8.68. The number of hydrogen-bond acceptors (Lipinski definition) is 3. The molecule has 0 saturated carbocycles. The van der Waals surface area contributed by atoms with Crippen LogP contribution in [0.1, 0.15) is 0 Å². The number of rotatable bonds is 8. The van der Waals surface area contributed by atoms with Crippen molar-refractivity contribution in [3.05, 3.63) is 243 Å². The highest BCUT2D eigenvalue weighted by Gasteiger charge is 2.31. The van der Waals surface area contributed by atoms with E-state index in [1.54, 1.807) is 0 Å². The van der Waals surface area contributed by atoms with E-state index in [9.17, 15) is 0 Å². The molecule has 0 aliphatic carbocycles. The largest absolute Gasteiger partial charge is 0.457 e. The second-order valence-electron chi connectivity index (χ2n) is 17.8. The molecule has 0 saturated heterocycles. The molecule has 68 heavy (non-hydrogen) atoms. The molecule has 2 heterocycles. The van der Waals surface area contributed by atoms with Crippen LogP contribution in [-0.2, 0) is 0 Å². The zero-order valence-electron chi connectivity index (χ0n) is 36.9. The third-order valence-corrected chi connectivity index (χ3v) is 14.2. The Labute approximate surface area is 393 Å². The van der Waals surface area contributed by atoms with Crippen LogP contribution >= 0.6 is 0 Å². The highest BCUT2D eigenvalue weighted by molar-refractivity contribution is 6.99. The van der Waals surface area contributed by atoms with Gasteiger partial charge in [-0.25, -0.2) is 0 Å². The average Bonchev–Trinajstić information content (AvgIpc) is 3.99. The van der Waals surface area contributed by atoms with Crippen molar-refractivity contribution in [3.63, 3.8) is 0 Å². The number of nitrogens with zero attached hydrogens (tertiary/aromatic N) is 1. The van der Waals surface area contributed by atoms with Crippen molar-refractivity contribution in [3.8, 4) is 22.3 Å². The van der Waals surface area contributed by atoms with Crippen molar-refractivity contribution in [2.24, 2.45) is 0 Å². The monoisotopic (exact) mass is 865 g/mol. The Morgan fingerprint density at radius 3 is 1.53 bits per heavy atom. The minimum Gasteiger partial charge on any atom is -0.457 e. The number of para-hydroxylation sites is 5. The molecular weight excluding hydrogens is 826 g/mol. The standard InChI is InChI=1S/C64H40BNO2/c1-3-17-41(18-4-1)45-21-7-11-27-53(45)65(55-28-15-25-49-47-23-9-13-31-59(47)67-63(49)55)54-39-35-43-34-38-52-57(40-36-44-33-37-51(54)61(43)62(44)52)66(56-29-12-8-22-46(56)42-19-5-2-6-20-42)58-30-16-26-50-48-24-10-14-32-60(48)68-64(50)58/h1-40H. The summed E-state index contributed by atoms with van der Waals surface area (Å²) in [5.74, 6) is 0. The first kappa shape index (κ1) is 38.4. The van der Waals surface area contributed by atoms with E-state index >= 15 is 0 Å². The summed E-state index contributed by atoms with van der Waals surface area (Å²) < 4.78 is 13.7. The maximum absolute atomic E-state index is 6.88. The number of hydrogen-bond donors (Lipinski definition) is 0. The molecule has 0 aliphatic rings. The second-order valence-corrected chi connectivity index (χ2v) is 17.8. The van der Waals surface area contributed by atoms with E-state index in [-0.39, 0.29) is 6.71 Å². The molecule has 0 N–H and O–H groups in total. The van der Waals surface area contributed by atoms with Crippen molar-refractivity contribution < 1.29 is 8.83 Å². The van der Waals surface area contributed by atoms with Crippen molar-refractivity contribution in [1.82, 2.24) is 0 Å². The summed E-state index contributed by atoms with van der Waals surface area (Å²) in [5, 5.41) is 11.7. The topological polar surface area (TPSA) is 29.5 Å². The quantitative estimate of drug-likeness (QED) is 0.113. The molecule has 0 bridgehead atoms. The van der Waals surface area contributed by atoms with Gasteiger partial charge in [-0.1, -0.05) is 223 Å². The van der Waals surface area contributed by atoms with Gasteiger partial charge in [-0.3, -0.25) is 0 Å². The Balaban J connectivity index is 1.06. The lowest BCUT2D eigenvalue weighted by atomic mass is 9.35. The molecule has 2 aromatic heterocycles. The first-order valence-electron chi connectivity index (χ1n) is 23.4. The van der Waals surface area contributed by atoms with Crippen LogP contribution in [0.25, 0.3) is 98.4 Å². The van der Waals surface area contributed by atoms with Gasteiger partial charge < -0.3 is 13.7 Å². The van der Waals surface area contributed by atoms with Crippen LogP contribution in [0.15, 0.2) is 251 Å². The molecule has 0 aliphatic heterocycles. The van der Waals surface area contributed by atoms with E-state index in [1.807, 2.05) is 6.07 Å². The fraction of sp³-hybridized carbons (Fsp3) is 0. The lowest BCUT2D eigenvalue weighted by molar-refractivity contribution is 0.669. The summed E-state index contributed by atoms with van der Waals surface area (Å²) in [5.41, 5.74) is 14.9. The van der Waals surface area contributed by atoms with E-state index in [2.05, 4.69) is 241 Å². The molecule has 12 aromatic carbocycles. The number of benzene rings is 12. The minimum absolute atomic E-state index is 0.167. The number of furan rings is 2. The molecule has 14 aromatic rings. The second kappa shape index (κ2) is 15.4. The smallest absolute Gasteiger partial charge is 0.247 e. The van der Waals surface area contributed by atoms with Crippen LogP contribution in [0.5, 0.6) is 0 Å². The third kappa shape index (κ3) is 5.87. The van der Waals surface area contributed by atoms with Crippen molar-refractivity contribution in [2.75, 3.05) is 4.90 Å². The van der Waals surface area contributed by atoms with Crippen molar-refractivity contribution in [1.29, 1.82) is 0 Å². The normalized spacial score (nSPS) is 11.8. The maximum Gasteiger partial charge on any atom is 0.247 e. The fourth-order valence-electron chi connectivity index (χ4n) is 11.2. The van der Waals surface area contributed by atoms with Crippen LogP contribution < -0.4 is 21.3 Å². The highest BCUT2D eigenvalue weighted by Crippen LogP contribution is 2.49. The molecule has 0 atom stereocenters. The summed E-state index contributed by atoms with van der Waals surface area (Å²) >= 11 is 0. The first-order valence-corrected chi connectivity index (χ1v) is 23.4. The lowest BCUT2D eigenvalue weighted by Crippen LogP contribution is -2.53. The SMILES string of the molecule is c1ccc(-c2ccccc2B(c2ccc3ccc4c(N(c5ccccc5-c5ccccc5)c5cccc6c5oc5ccccc56)ccc5ccc2c3c54)c2cccc3c2oc2ccccc23)cc1. The van der Waals surface area contributed by atoms with Gasteiger partial charge in [-0.15, -0.1) is 0 Å². The maximum atomic E-state index is 6.88. The summed E-state index contributed by atoms with van der Waals surface area (Å²) in [6.45, 7) is -0.167. The molecule has 0 unspecified atom stereocenters. The summed E-state index contributed by atoms with van der Waals surface area (Å²) in [6, 6.07) is 87.7. The molecule has 0 spiro atoms. The number of anilines is 3. The Hall–Kier alpha value is -8.86. The van der Waals surface area contributed by atoms with Crippen LogP contribution in [0.3, 0.4) is 0 Å².